The van der Waals surface area contributed by atoms with E-state index < -0.39 is 0 Å². The van der Waals surface area contributed by atoms with E-state index in [9.17, 15) is 15.8 Å². The number of para-hydroxylation sites is 10. The van der Waals surface area contributed by atoms with Crippen LogP contribution in [0.15, 0.2) is 455 Å². The zero-order chi connectivity index (χ0) is 101. The third-order valence-corrected chi connectivity index (χ3v) is 30.1. The van der Waals surface area contributed by atoms with Gasteiger partial charge in [-0.15, -0.1) is 0 Å². The maximum Gasteiger partial charge on any atom is 0.214 e. The molecule has 0 fully saturated rings. The molecule has 29 aromatic rings. The molecule has 0 N–H and O–H groups in total. The van der Waals surface area contributed by atoms with Crippen LogP contribution < -0.4 is 4.90 Å². The topological polar surface area (TPSA) is 122 Å². The average Bonchev–Trinajstić information content (AvgIpc) is 1.58. The number of nitrogens with zero attached hydrogens (tertiary/aromatic N) is 14. The lowest BCUT2D eigenvalue weighted by atomic mass is 9.86. The van der Waals surface area contributed by atoms with Crippen molar-refractivity contribution in [3.8, 4) is 58.0 Å². The van der Waals surface area contributed by atoms with Gasteiger partial charge < -0.3 is 36.9 Å². The van der Waals surface area contributed by atoms with Gasteiger partial charge in [-0.2, -0.15) is 15.8 Å². The average molecular weight is 1910 g/mol. The summed E-state index contributed by atoms with van der Waals surface area (Å²) in [6, 6.07) is 165. The highest BCUT2D eigenvalue weighted by Crippen LogP contribution is 2.51. The first-order valence-electron chi connectivity index (χ1n) is 50.0. The Bertz CT molecular complexity index is 10700. The lowest BCUT2D eigenvalue weighted by molar-refractivity contribution is 0.591. The lowest BCUT2D eigenvalue weighted by Gasteiger charge is -2.25. The fourth-order valence-corrected chi connectivity index (χ4v) is 23.6. The van der Waals surface area contributed by atoms with Gasteiger partial charge in [-0.1, -0.05) is 300 Å². The standard InChI is InChI=1S/C48H27N5.C48H29N5.C40H28N4/c1-50-40-28-33(26-31(29-49)48(40)53-43-20-10-6-16-37(43)38-17-7-11-21-44(38)53)52-45-25-23-32(27-39(45)47-34-13-3-2-12-30(34)22-24-46(47)52)51-41-18-8-4-14-35(41)36-15-5-9-19-42(36)51;1-50-42-30-37(28-33(31-49)48(42)53-43-22-12-10-20-39(43)40-21-11-13-23-44(40)53)52-45-27-25-36(51(34-15-4-2-5-16-34)35-17-6-3-7-18-35)29-41(45)47-38-19-9-8-14-32(38)24-26-46(47)52;1-40(2,3)27-18-20-36-32(22-27)38-29-12-6-5-11-25(29)17-19-37(38)43(36)28-21-26(24-41)39(33(23-28)42-4)44-34-15-9-7-13-30(34)31-14-8-10-16-35(31)44/h2-28H;2-30H;5-23H,1-3H3. The lowest BCUT2D eigenvalue weighted by Crippen LogP contribution is -2.10. The molecule has 0 unspecified atom stereocenters. The molecule has 0 bridgehead atoms. The predicted molar refractivity (Wildman–Crippen MR) is 619 cm³/mol. The molecule has 0 aliphatic heterocycles. The number of nitriles is 3. The van der Waals surface area contributed by atoms with Crippen molar-refractivity contribution in [1.82, 2.24) is 32.0 Å². The second-order valence-corrected chi connectivity index (χ2v) is 39.2. The minimum atomic E-state index is -0.0115. The van der Waals surface area contributed by atoms with Crippen molar-refractivity contribution in [2.75, 3.05) is 4.90 Å². The number of anilines is 3. The molecule has 14 nitrogen and oxygen atoms in total. The molecular weight excluding hydrogens is 1830 g/mol. The first kappa shape index (κ1) is 87.9. The van der Waals surface area contributed by atoms with E-state index in [0.717, 1.165) is 192 Å². The molecule has 29 rings (SSSR count). The van der Waals surface area contributed by atoms with E-state index in [1.54, 1.807) is 0 Å². The van der Waals surface area contributed by atoms with Crippen molar-refractivity contribution in [2.24, 2.45) is 0 Å². The van der Waals surface area contributed by atoms with Gasteiger partial charge in [-0.05, 0) is 219 Å². The normalized spacial score (nSPS) is 11.7. The number of hydrogen-bond donors (Lipinski definition) is 0. The van der Waals surface area contributed by atoms with Crippen LogP contribution in [0.4, 0.5) is 34.1 Å². The van der Waals surface area contributed by atoms with Crippen molar-refractivity contribution >= 4 is 219 Å². The van der Waals surface area contributed by atoms with Gasteiger partial charge in [-0.25, -0.2) is 14.5 Å². The summed E-state index contributed by atoms with van der Waals surface area (Å²) in [6.45, 7) is 31.9. The molecule has 14 heteroatoms. The van der Waals surface area contributed by atoms with Gasteiger partial charge in [0.1, 0.15) is 18.2 Å². The minimum Gasteiger partial charge on any atom is -0.318 e. The zero-order valence-corrected chi connectivity index (χ0v) is 81.6. The molecular formula is C136H84N14. The number of fused-ring (bicyclic) bond motifs is 27. The van der Waals surface area contributed by atoms with Gasteiger partial charge in [0.25, 0.3) is 0 Å². The summed E-state index contributed by atoms with van der Waals surface area (Å²) in [7, 11) is 0. The van der Waals surface area contributed by atoms with Crippen LogP contribution in [0.3, 0.4) is 0 Å². The van der Waals surface area contributed by atoms with Gasteiger partial charge in [0.05, 0.1) is 131 Å². The van der Waals surface area contributed by atoms with Crippen LogP contribution in [-0.4, -0.2) is 32.0 Å². The van der Waals surface area contributed by atoms with Crippen molar-refractivity contribution in [1.29, 1.82) is 15.8 Å². The summed E-state index contributed by atoms with van der Waals surface area (Å²) in [6.07, 6.45) is 0. The van der Waals surface area contributed by atoms with Crippen LogP contribution in [0.5, 0.6) is 0 Å². The number of rotatable bonds is 10. The molecule has 22 aromatic carbocycles. The van der Waals surface area contributed by atoms with Crippen molar-refractivity contribution in [3.63, 3.8) is 0 Å². The first-order valence-corrected chi connectivity index (χ1v) is 50.0. The van der Waals surface area contributed by atoms with Gasteiger partial charge >= 0.3 is 0 Å². The Morgan fingerprint density at radius 2 is 0.453 bits per heavy atom. The Morgan fingerprint density at radius 3 is 0.760 bits per heavy atom. The molecule has 150 heavy (non-hydrogen) atoms. The second-order valence-electron chi connectivity index (χ2n) is 39.2. The Hall–Kier alpha value is -21.0. The maximum absolute atomic E-state index is 10.8. The highest BCUT2D eigenvalue weighted by Gasteiger charge is 2.30. The van der Waals surface area contributed by atoms with E-state index in [1.165, 1.54) is 37.9 Å². The first-order chi connectivity index (χ1) is 73.8. The summed E-state index contributed by atoms with van der Waals surface area (Å²) in [5, 5.41) is 54.9. The van der Waals surface area contributed by atoms with Crippen LogP contribution in [0.25, 0.3) is 239 Å². The molecule has 0 spiro atoms. The Balaban J connectivity index is 0.000000111. The molecule has 0 amide bonds. The van der Waals surface area contributed by atoms with Crippen LogP contribution in [0.2, 0.25) is 0 Å². The monoisotopic (exact) mass is 1910 g/mol. The van der Waals surface area contributed by atoms with E-state index in [1.807, 2.05) is 121 Å². The van der Waals surface area contributed by atoms with Crippen LogP contribution in [0, 0.1) is 53.7 Å². The molecule has 0 aliphatic carbocycles. The molecule has 0 saturated carbocycles. The van der Waals surface area contributed by atoms with Gasteiger partial charge in [-0.3, -0.25) is 0 Å². The summed E-state index contributed by atoms with van der Waals surface area (Å²) < 4.78 is 15.2. The predicted octanol–water partition coefficient (Wildman–Crippen LogP) is 36.2. The van der Waals surface area contributed by atoms with E-state index in [2.05, 4.69) is 424 Å². The Morgan fingerprint density at radius 1 is 0.207 bits per heavy atom. The van der Waals surface area contributed by atoms with Gasteiger partial charge in [0.2, 0.25) is 17.1 Å². The maximum atomic E-state index is 10.8. The Labute approximate surface area is 861 Å². The fourth-order valence-electron chi connectivity index (χ4n) is 23.6. The van der Waals surface area contributed by atoms with Gasteiger partial charge in [0, 0.05) is 115 Å². The van der Waals surface area contributed by atoms with Crippen LogP contribution in [-0.2, 0) is 5.41 Å². The molecule has 0 radical (unpaired) electrons. The van der Waals surface area contributed by atoms with Crippen molar-refractivity contribution in [3.05, 3.63) is 511 Å². The quantitative estimate of drug-likeness (QED) is 0.127. The van der Waals surface area contributed by atoms with Crippen LogP contribution >= 0.6 is 0 Å². The molecule has 0 aliphatic rings. The summed E-state index contributed by atoms with van der Waals surface area (Å²) in [5.74, 6) is 0. The molecule has 7 aromatic heterocycles. The molecule has 7 heterocycles. The number of benzene rings is 22. The summed E-state index contributed by atoms with van der Waals surface area (Å²) in [5.41, 5.74) is 26.5. The molecule has 0 atom stereocenters. The molecule has 0 saturated heterocycles. The van der Waals surface area contributed by atoms with Gasteiger partial charge in [0.15, 0.2) is 0 Å². The summed E-state index contributed by atoms with van der Waals surface area (Å²) in [4.78, 5) is 14.5. The third-order valence-electron chi connectivity index (χ3n) is 30.1. The minimum absolute atomic E-state index is 0.0115. The Kier molecular flexibility index (Phi) is 20.5. The zero-order valence-electron chi connectivity index (χ0n) is 81.6. The number of aromatic nitrogens is 7. The van der Waals surface area contributed by atoms with E-state index in [0.29, 0.717) is 50.8 Å². The highest BCUT2D eigenvalue weighted by atomic mass is 15.1. The third kappa shape index (κ3) is 13.7. The summed E-state index contributed by atoms with van der Waals surface area (Å²) >= 11 is 0. The largest absolute Gasteiger partial charge is 0.318 e. The number of hydrogen-bond acceptors (Lipinski definition) is 4. The van der Waals surface area contributed by atoms with E-state index in [-0.39, 0.29) is 5.41 Å². The van der Waals surface area contributed by atoms with E-state index in [4.69, 9.17) is 19.7 Å². The van der Waals surface area contributed by atoms with Crippen LogP contribution in [0.1, 0.15) is 43.0 Å². The second kappa shape index (κ2) is 34.9. The SMILES string of the molecule is [C-]#[N+]c1cc(-n2c3ccc(-n4c5ccccc5c5ccccc54)cc3c3c4ccccc4ccc32)cc(C#N)c1-n1c2ccccc2c2ccccc21.[C-]#[N+]c1cc(-n2c3ccc(C(C)(C)C)cc3c3c4ccccc4ccc32)cc(C#N)c1-n1c2ccccc2c2ccccc21.[C-]#[N+]c1cc(-n2c3ccc(N(c4ccccc4)c4ccccc4)cc3c3c4ccccc4ccc32)cc(C#N)c1-n1c2ccccc2c2ccccc21. The van der Waals surface area contributed by atoms with E-state index >= 15 is 0 Å². The fraction of sp³-hybridized carbons (Fsp3) is 0.0294. The smallest absolute Gasteiger partial charge is 0.214 e. The molecule has 698 valence electrons. The van der Waals surface area contributed by atoms with Crippen molar-refractivity contribution in [2.45, 2.75) is 26.2 Å². The highest BCUT2D eigenvalue weighted by molar-refractivity contribution is 6.26. The van der Waals surface area contributed by atoms with Crippen molar-refractivity contribution < 1.29 is 0 Å².